The van der Waals surface area contributed by atoms with Crippen LogP contribution in [0.2, 0.25) is 0 Å². The van der Waals surface area contributed by atoms with Gasteiger partial charge in [-0.2, -0.15) is 0 Å². The van der Waals surface area contributed by atoms with E-state index in [0.29, 0.717) is 17.5 Å². The van der Waals surface area contributed by atoms with Gasteiger partial charge in [0.1, 0.15) is 0 Å². The minimum absolute atomic E-state index is 0.294. The van der Waals surface area contributed by atoms with E-state index in [9.17, 15) is 9.59 Å². The van der Waals surface area contributed by atoms with Crippen LogP contribution in [0.15, 0.2) is 89.7 Å². The summed E-state index contributed by atoms with van der Waals surface area (Å²) in [7, 11) is 0. The number of H-pyrrole nitrogens is 1. The van der Waals surface area contributed by atoms with Gasteiger partial charge in [-0.1, -0.05) is 66.7 Å². The standard InChI is InChI=1S/C23H18N2O2/c26-22-15-19(18-11-5-7-13-21(18)24-22)23(27)25-20-12-6-4-10-17(20)14-16-8-2-1-3-9-16/h1-13,15H,14H2,(H,24,26)(H,25,27). The molecule has 0 aliphatic carbocycles. The smallest absolute Gasteiger partial charge is 0.256 e. The molecule has 1 amide bonds. The summed E-state index contributed by atoms with van der Waals surface area (Å²) in [5.74, 6) is -0.294. The van der Waals surface area contributed by atoms with Crippen LogP contribution in [-0.2, 0) is 6.42 Å². The molecule has 3 aromatic carbocycles. The summed E-state index contributed by atoms with van der Waals surface area (Å²) in [4.78, 5) is 27.6. The lowest BCUT2D eigenvalue weighted by Gasteiger charge is -2.12. The number of hydrogen-bond donors (Lipinski definition) is 2. The van der Waals surface area contributed by atoms with Crippen molar-refractivity contribution in [2.45, 2.75) is 6.42 Å². The van der Waals surface area contributed by atoms with Crippen LogP contribution in [0, 0.1) is 0 Å². The zero-order chi connectivity index (χ0) is 18.6. The third-order valence-electron chi connectivity index (χ3n) is 4.50. The fourth-order valence-corrected chi connectivity index (χ4v) is 3.19. The molecule has 132 valence electrons. The molecule has 2 N–H and O–H groups in total. The molecule has 0 bridgehead atoms. The fraction of sp³-hybridized carbons (Fsp3) is 0.0435. The first-order chi connectivity index (χ1) is 13.2. The van der Waals surface area contributed by atoms with Gasteiger partial charge in [0.15, 0.2) is 0 Å². The summed E-state index contributed by atoms with van der Waals surface area (Å²) < 4.78 is 0. The van der Waals surface area contributed by atoms with Crippen molar-refractivity contribution in [3.05, 3.63) is 112 Å². The number of amides is 1. The van der Waals surface area contributed by atoms with E-state index in [4.69, 9.17) is 0 Å². The van der Waals surface area contributed by atoms with Crippen molar-refractivity contribution < 1.29 is 4.79 Å². The minimum atomic E-state index is -0.295. The van der Waals surface area contributed by atoms with E-state index in [1.165, 1.54) is 11.6 Å². The monoisotopic (exact) mass is 354 g/mol. The molecule has 1 aromatic heterocycles. The molecule has 0 aliphatic rings. The van der Waals surface area contributed by atoms with Crippen molar-refractivity contribution >= 4 is 22.5 Å². The van der Waals surface area contributed by atoms with E-state index in [2.05, 4.69) is 22.4 Å². The average Bonchev–Trinajstić information content (AvgIpc) is 2.69. The number of hydrogen-bond acceptors (Lipinski definition) is 2. The lowest BCUT2D eigenvalue weighted by atomic mass is 10.0. The number of aromatic amines is 1. The second kappa shape index (κ2) is 7.30. The molecular weight excluding hydrogens is 336 g/mol. The Morgan fingerprint density at radius 3 is 2.41 bits per heavy atom. The SMILES string of the molecule is O=C(Nc1ccccc1Cc1ccccc1)c1cc(=O)[nH]c2ccccc12. The number of anilines is 1. The Morgan fingerprint density at radius 2 is 1.56 bits per heavy atom. The van der Waals surface area contributed by atoms with Crippen molar-refractivity contribution in [2.24, 2.45) is 0 Å². The van der Waals surface area contributed by atoms with Crippen molar-refractivity contribution in [2.75, 3.05) is 5.32 Å². The number of para-hydroxylation sites is 2. The van der Waals surface area contributed by atoms with Crippen molar-refractivity contribution in [1.29, 1.82) is 0 Å². The molecule has 0 saturated carbocycles. The molecule has 27 heavy (non-hydrogen) atoms. The fourth-order valence-electron chi connectivity index (χ4n) is 3.19. The van der Waals surface area contributed by atoms with Crippen LogP contribution in [0.5, 0.6) is 0 Å². The van der Waals surface area contributed by atoms with Gasteiger partial charge in [-0.25, -0.2) is 0 Å². The van der Waals surface area contributed by atoms with E-state index < -0.39 is 0 Å². The summed E-state index contributed by atoms with van der Waals surface area (Å²) >= 11 is 0. The van der Waals surface area contributed by atoms with Crippen LogP contribution < -0.4 is 10.9 Å². The van der Waals surface area contributed by atoms with Gasteiger partial charge in [0.05, 0.1) is 5.56 Å². The lowest BCUT2D eigenvalue weighted by molar-refractivity contribution is 0.102. The molecule has 1 heterocycles. The molecule has 0 fully saturated rings. The third-order valence-corrected chi connectivity index (χ3v) is 4.50. The minimum Gasteiger partial charge on any atom is -0.322 e. The average molecular weight is 354 g/mol. The number of benzene rings is 3. The summed E-state index contributed by atoms with van der Waals surface area (Å²) in [5.41, 5.74) is 3.65. The van der Waals surface area contributed by atoms with E-state index >= 15 is 0 Å². The maximum absolute atomic E-state index is 12.9. The van der Waals surface area contributed by atoms with E-state index in [0.717, 1.165) is 16.6 Å². The first-order valence-corrected chi connectivity index (χ1v) is 8.76. The highest BCUT2D eigenvalue weighted by atomic mass is 16.2. The molecule has 0 saturated heterocycles. The number of aromatic nitrogens is 1. The molecule has 4 heteroatoms. The van der Waals surface area contributed by atoms with Crippen LogP contribution in [0.1, 0.15) is 21.5 Å². The number of carbonyl (C=O) groups is 1. The van der Waals surface area contributed by atoms with Gasteiger partial charge >= 0.3 is 0 Å². The molecule has 0 unspecified atom stereocenters. The maximum atomic E-state index is 12.9. The second-order valence-electron chi connectivity index (χ2n) is 6.37. The quantitative estimate of drug-likeness (QED) is 0.572. The zero-order valence-electron chi connectivity index (χ0n) is 14.6. The summed E-state index contributed by atoms with van der Waals surface area (Å²) in [6.07, 6.45) is 0.716. The van der Waals surface area contributed by atoms with Gasteiger partial charge in [-0.05, 0) is 29.7 Å². The van der Waals surface area contributed by atoms with E-state index in [-0.39, 0.29) is 11.5 Å². The Kier molecular flexibility index (Phi) is 4.54. The number of carbonyl (C=O) groups excluding carboxylic acids is 1. The zero-order valence-corrected chi connectivity index (χ0v) is 14.6. The van der Waals surface area contributed by atoms with Gasteiger partial charge in [0.25, 0.3) is 5.91 Å². The molecule has 0 spiro atoms. The third kappa shape index (κ3) is 3.65. The van der Waals surface area contributed by atoms with Gasteiger partial charge in [-0.3, -0.25) is 9.59 Å². The Balaban J connectivity index is 1.68. The van der Waals surface area contributed by atoms with Gasteiger partial charge in [0.2, 0.25) is 5.56 Å². The second-order valence-corrected chi connectivity index (χ2v) is 6.37. The Labute approximate surface area is 156 Å². The summed E-state index contributed by atoms with van der Waals surface area (Å²) in [6.45, 7) is 0. The van der Waals surface area contributed by atoms with Gasteiger partial charge < -0.3 is 10.3 Å². The number of pyridine rings is 1. The highest BCUT2D eigenvalue weighted by Crippen LogP contribution is 2.21. The van der Waals surface area contributed by atoms with Crippen molar-refractivity contribution in [3.63, 3.8) is 0 Å². The summed E-state index contributed by atoms with van der Waals surface area (Å²) in [5, 5.41) is 3.69. The normalized spacial score (nSPS) is 10.7. The molecule has 0 atom stereocenters. The van der Waals surface area contributed by atoms with Gasteiger partial charge in [0, 0.05) is 22.7 Å². The molecular formula is C23H18N2O2. The molecule has 4 nitrogen and oxygen atoms in total. The maximum Gasteiger partial charge on any atom is 0.256 e. The van der Waals surface area contributed by atoms with Gasteiger partial charge in [-0.15, -0.1) is 0 Å². The molecule has 0 aliphatic heterocycles. The molecule has 4 aromatic rings. The summed E-state index contributed by atoms with van der Waals surface area (Å²) in [6, 6.07) is 26.5. The molecule has 4 rings (SSSR count). The van der Waals surface area contributed by atoms with Crippen molar-refractivity contribution in [3.8, 4) is 0 Å². The van der Waals surface area contributed by atoms with Crippen LogP contribution in [0.3, 0.4) is 0 Å². The Bertz CT molecular complexity index is 1160. The molecule has 0 radical (unpaired) electrons. The van der Waals surface area contributed by atoms with Crippen LogP contribution in [0.25, 0.3) is 10.9 Å². The van der Waals surface area contributed by atoms with E-state index in [1.807, 2.05) is 60.7 Å². The first kappa shape index (κ1) is 16.8. The topological polar surface area (TPSA) is 62.0 Å². The Hall–Kier alpha value is -3.66. The number of fused-ring (bicyclic) bond motifs is 1. The predicted octanol–water partition coefficient (Wildman–Crippen LogP) is 4.37. The number of nitrogens with one attached hydrogen (secondary N) is 2. The Morgan fingerprint density at radius 1 is 0.852 bits per heavy atom. The van der Waals surface area contributed by atoms with Crippen LogP contribution in [0.4, 0.5) is 5.69 Å². The lowest BCUT2D eigenvalue weighted by Crippen LogP contribution is -2.17. The van der Waals surface area contributed by atoms with E-state index in [1.54, 1.807) is 6.07 Å². The number of rotatable bonds is 4. The highest BCUT2D eigenvalue weighted by molar-refractivity contribution is 6.12. The first-order valence-electron chi connectivity index (χ1n) is 8.76. The highest BCUT2D eigenvalue weighted by Gasteiger charge is 2.13. The largest absolute Gasteiger partial charge is 0.322 e. The van der Waals surface area contributed by atoms with Crippen molar-refractivity contribution in [1.82, 2.24) is 4.98 Å². The predicted molar refractivity (Wildman–Crippen MR) is 108 cm³/mol. The van der Waals surface area contributed by atoms with Crippen LogP contribution in [-0.4, -0.2) is 10.9 Å². The van der Waals surface area contributed by atoms with Crippen LogP contribution >= 0.6 is 0 Å².